The Bertz CT molecular complexity index is 2190. The van der Waals surface area contributed by atoms with Gasteiger partial charge in [-0.25, -0.2) is 19.9 Å². The van der Waals surface area contributed by atoms with Crippen molar-refractivity contribution in [1.29, 1.82) is 0 Å². The number of fused-ring (bicyclic) bond motifs is 4. The number of thiophene rings is 1. The molecule has 0 aliphatic rings. The van der Waals surface area contributed by atoms with E-state index in [1.807, 2.05) is 54.6 Å². The average Bonchev–Trinajstić information content (AvgIpc) is 3.43. The lowest BCUT2D eigenvalue weighted by Crippen LogP contribution is -1.96. The number of hydrogen-bond donors (Lipinski definition) is 0. The molecule has 8 aromatic rings. The monoisotopic (exact) mass is 542 g/mol. The molecule has 0 atom stereocenters. The molecule has 0 N–H and O–H groups in total. The summed E-state index contributed by atoms with van der Waals surface area (Å²) in [5, 5.41) is 2.20. The lowest BCUT2D eigenvalue weighted by atomic mass is 10.0. The van der Waals surface area contributed by atoms with Gasteiger partial charge < -0.3 is 0 Å². The van der Waals surface area contributed by atoms with Gasteiger partial charge in [-0.3, -0.25) is 0 Å². The topological polar surface area (TPSA) is 51.6 Å². The van der Waals surface area contributed by atoms with Crippen molar-refractivity contribution < 1.29 is 0 Å². The van der Waals surface area contributed by atoms with Gasteiger partial charge in [0.25, 0.3) is 0 Å². The van der Waals surface area contributed by atoms with Crippen LogP contribution in [0.4, 0.5) is 0 Å². The van der Waals surface area contributed by atoms with E-state index in [2.05, 4.69) is 78.9 Å². The van der Waals surface area contributed by atoms with Crippen molar-refractivity contribution in [3.63, 3.8) is 0 Å². The first-order valence-electron chi connectivity index (χ1n) is 13.5. The van der Waals surface area contributed by atoms with Crippen molar-refractivity contribution >= 4 is 42.5 Å². The number of benzene rings is 5. The molecule has 0 radical (unpaired) electrons. The summed E-state index contributed by atoms with van der Waals surface area (Å²) in [4.78, 5) is 20.1. The average molecular weight is 543 g/mol. The maximum atomic E-state index is 5.10. The summed E-state index contributed by atoms with van der Waals surface area (Å²) in [6.45, 7) is 0. The summed E-state index contributed by atoms with van der Waals surface area (Å²) in [5.74, 6) is 1.43. The molecular formula is C36H22N4S. The van der Waals surface area contributed by atoms with Crippen LogP contribution in [-0.4, -0.2) is 19.9 Å². The summed E-state index contributed by atoms with van der Waals surface area (Å²) < 4.78 is 2.30. The minimum Gasteiger partial charge on any atom is -0.228 e. The molecule has 0 unspecified atom stereocenters. The Morgan fingerprint density at radius 2 is 0.927 bits per heavy atom. The van der Waals surface area contributed by atoms with Crippen LogP contribution in [0.2, 0.25) is 0 Å². The van der Waals surface area contributed by atoms with E-state index in [0.717, 1.165) is 66.0 Å². The van der Waals surface area contributed by atoms with E-state index in [1.165, 1.54) is 4.70 Å². The first-order valence-corrected chi connectivity index (χ1v) is 14.3. The Balaban J connectivity index is 1.28. The highest BCUT2D eigenvalue weighted by atomic mass is 32.1. The van der Waals surface area contributed by atoms with Crippen molar-refractivity contribution in [3.05, 3.63) is 133 Å². The van der Waals surface area contributed by atoms with Crippen molar-refractivity contribution in [3.8, 4) is 45.3 Å². The largest absolute Gasteiger partial charge is 0.228 e. The van der Waals surface area contributed by atoms with E-state index in [9.17, 15) is 0 Å². The van der Waals surface area contributed by atoms with Gasteiger partial charge in [0.15, 0.2) is 11.6 Å². The van der Waals surface area contributed by atoms with Gasteiger partial charge in [-0.1, -0.05) is 121 Å². The summed E-state index contributed by atoms with van der Waals surface area (Å²) in [6, 6.07) is 45.5. The maximum Gasteiger partial charge on any atom is 0.160 e. The van der Waals surface area contributed by atoms with Gasteiger partial charge in [-0.15, -0.1) is 11.3 Å². The van der Waals surface area contributed by atoms with E-state index in [4.69, 9.17) is 19.9 Å². The number of rotatable bonds is 4. The third kappa shape index (κ3) is 4.15. The van der Waals surface area contributed by atoms with Crippen molar-refractivity contribution in [2.24, 2.45) is 0 Å². The molecule has 0 fully saturated rings. The molecule has 0 saturated carbocycles. The number of hydrogen-bond acceptors (Lipinski definition) is 5. The van der Waals surface area contributed by atoms with Gasteiger partial charge in [0.1, 0.15) is 0 Å². The van der Waals surface area contributed by atoms with Crippen LogP contribution >= 0.6 is 11.3 Å². The minimum atomic E-state index is 0.703. The molecule has 0 bridgehead atoms. The van der Waals surface area contributed by atoms with E-state index < -0.39 is 0 Å². The zero-order valence-electron chi connectivity index (χ0n) is 21.9. The summed E-state index contributed by atoms with van der Waals surface area (Å²) in [5.41, 5.74) is 7.86. The summed E-state index contributed by atoms with van der Waals surface area (Å²) >= 11 is 1.74. The zero-order valence-corrected chi connectivity index (χ0v) is 22.7. The van der Waals surface area contributed by atoms with E-state index in [1.54, 1.807) is 11.3 Å². The molecule has 5 aromatic carbocycles. The quantitative estimate of drug-likeness (QED) is 0.222. The van der Waals surface area contributed by atoms with Crippen LogP contribution in [0, 0.1) is 0 Å². The van der Waals surface area contributed by atoms with E-state index in [0.29, 0.717) is 5.82 Å². The second-order valence-corrected chi connectivity index (χ2v) is 10.9. The molecule has 8 rings (SSSR count). The van der Waals surface area contributed by atoms with Crippen LogP contribution < -0.4 is 0 Å². The van der Waals surface area contributed by atoms with Gasteiger partial charge in [0, 0.05) is 37.7 Å². The molecule has 3 heterocycles. The van der Waals surface area contributed by atoms with Crippen LogP contribution in [0.15, 0.2) is 133 Å². The van der Waals surface area contributed by atoms with Gasteiger partial charge in [0.05, 0.1) is 27.1 Å². The van der Waals surface area contributed by atoms with Crippen molar-refractivity contribution in [2.75, 3.05) is 0 Å². The molecule has 0 aliphatic heterocycles. The van der Waals surface area contributed by atoms with Crippen LogP contribution in [0.3, 0.4) is 0 Å². The fraction of sp³-hybridized carbons (Fsp3) is 0. The normalized spacial score (nSPS) is 11.4. The Labute approximate surface area is 240 Å². The third-order valence-corrected chi connectivity index (χ3v) is 8.49. The Morgan fingerprint density at radius 3 is 1.71 bits per heavy atom. The van der Waals surface area contributed by atoms with Crippen molar-refractivity contribution in [1.82, 2.24) is 19.9 Å². The lowest BCUT2D eigenvalue weighted by Gasteiger charge is -2.10. The van der Waals surface area contributed by atoms with Gasteiger partial charge in [-0.2, -0.15) is 0 Å². The fourth-order valence-corrected chi connectivity index (χ4v) is 6.46. The van der Waals surface area contributed by atoms with E-state index in [-0.39, 0.29) is 0 Å². The molecule has 0 aliphatic carbocycles. The van der Waals surface area contributed by atoms with Gasteiger partial charge in [-0.05, 0) is 12.1 Å². The first kappa shape index (κ1) is 23.6. The van der Waals surface area contributed by atoms with Crippen LogP contribution in [-0.2, 0) is 0 Å². The first-order chi connectivity index (χ1) is 20.3. The minimum absolute atomic E-state index is 0.703. The molecule has 41 heavy (non-hydrogen) atoms. The molecule has 3 aromatic heterocycles. The Hall–Kier alpha value is -5.26. The third-order valence-electron chi connectivity index (χ3n) is 7.32. The van der Waals surface area contributed by atoms with Gasteiger partial charge in [0.2, 0.25) is 0 Å². The maximum absolute atomic E-state index is 5.10. The van der Waals surface area contributed by atoms with Gasteiger partial charge >= 0.3 is 0 Å². The molecule has 0 saturated heterocycles. The summed E-state index contributed by atoms with van der Waals surface area (Å²) in [6.07, 6.45) is 0. The van der Waals surface area contributed by atoms with Crippen molar-refractivity contribution in [2.45, 2.75) is 0 Å². The zero-order chi connectivity index (χ0) is 27.2. The molecule has 5 heteroatoms. The molecule has 0 amide bonds. The highest BCUT2D eigenvalue weighted by Crippen LogP contribution is 2.39. The predicted molar refractivity (Wildman–Crippen MR) is 170 cm³/mol. The highest BCUT2D eigenvalue weighted by molar-refractivity contribution is 7.26. The molecular weight excluding hydrogens is 520 g/mol. The fourth-order valence-electron chi connectivity index (χ4n) is 5.30. The molecule has 0 spiro atoms. The summed E-state index contributed by atoms with van der Waals surface area (Å²) in [7, 11) is 0. The van der Waals surface area contributed by atoms with E-state index >= 15 is 0 Å². The lowest BCUT2D eigenvalue weighted by molar-refractivity contribution is 1.22. The standard InChI is InChI=1S/C36H22N4S/c1-3-11-23(12-4-1)31-27-15-7-9-17-29(27)37-35(38-31)26-21-19-24(20-22-26)32-34-33(28-16-8-10-18-30(28)41-34)40-36(39-32)25-13-5-2-6-14-25/h1-22H. The smallest absolute Gasteiger partial charge is 0.160 e. The molecule has 4 nitrogen and oxygen atoms in total. The highest BCUT2D eigenvalue weighted by Gasteiger charge is 2.17. The predicted octanol–water partition coefficient (Wildman–Crippen LogP) is 9.46. The Kier molecular flexibility index (Phi) is 5.61. The Morgan fingerprint density at radius 1 is 0.390 bits per heavy atom. The molecule has 192 valence electrons. The SMILES string of the molecule is c1ccc(-c2nc(-c3ccc(-c4nc(-c5ccccc5)c5ccccc5n4)cc3)c3sc4ccccc4c3n2)cc1. The number of aromatic nitrogens is 4. The second kappa shape index (κ2) is 9.73. The number of nitrogens with zero attached hydrogens (tertiary/aromatic N) is 4. The van der Waals surface area contributed by atoms with Crippen LogP contribution in [0.25, 0.3) is 76.5 Å². The van der Waals surface area contributed by atoms with Crippen LogP contribution in [0.1, 0.15) is 0 Å². The van der Waals surface area contributed by atoms with Crippen LogP contribution in [0.5, 0.6) is 0 Å². The number of para-hydroxylation sites is 1. The second-order valence-electron chi connectivity index (χ2n) is 9.89.